The molecule has 4 N–H and O–H groups in total. The number of benzene rings is 1. The van der Waals surface area contributed by atoms with Crippen LogP contribution >= 0.6 is 0 Å². The Hall–Kier alpha value is -1.93. The van der Waals surface area contributed by atoms with Crippen molar-refractivity contribution in [3.63, 3.8) is 0 Å². The molecule has 1 saturated carbocycles. The normalized spacial score (nSPS) is 34.4. The number of aliphatic hydroxyl groups excluding tert-OH is 2. The van der Waals surface area contributed by atoms with Crippen LogP contribution in [-0.4, -0.2) is 58.5 Å². The van der Waals surface area contributed by atoms with Gasteiger partial charge in [-0.2, -0.15) is 0 Å². The summed E-state index contributed by atoms with van der Waals surface area (Å²) >= 11 is 0. The lowest BCUT2D eigenvalue weighted by Crippen LogP contribution is -2.64. The molecule has 0 radical (unpaired) electrons. The number of ether oxygens (including phenoxy) is 2. The molecular formula is C19H25NO6. The number of aryl methyl sites for hydroxylation is 1. The van der Waals surface area contributed by atoms with Gasteiger partial charge in [-0.25, -0.2) is 0 Å². The first kappa shape index (κ1) is 18.8. The minimum atomic E-state index is -1.06. The predicted octanol–water partition coefficient (Wildman–Crippen LogP) is 0.702. The Balaban J connectivity index is 1.73. The number of nitrogens with one attached hydrogen (secondary N) is 1. The fourth-order valence-corrected chi connectivity index (χ4v) is 3.53. The maximum atomic E-state index is 12.5. The summed E-state index contributed by atoms with van der Waals surface area (Å²) < 4.78 is 10.8. The second-order valence-electron chi connectivity index (χ2n) is 7.09. The summed E-state index contributed by atoms with van der Waals surface area (Å²) in [5.41, 5.74) is 1.83. The predicted molar refractivity (Wildman–Crippen MR) is 94.2 cm³/mol. The van der Waals surface area contributed by atoms with Crippen molar-refractivity contribution < 1.29 is 29.6 Å². The molecule has 1 aromatic rings. The quantitative estimate of drug-likeness (QED) is 0.589. The van der Waals surface area contributed by atoms with Gasteiger partial charge >= 0.3 is 0 Å². The Morgan fingerprint density at radius 3 is 2.62 bits per heavy atom. The highest BCUT2D eigenvalue weighted by atomic mass is 16.7. The van der Waals surface area contributed by atoms with E-state index in [1.807, 2.05) is 0 Å². The third kappa shape index (κ3) is 3.48. The number of hydrogen-bond acceptors (Lipinski definition) is 6. The van der Waals surface area contributed by atoms with E-state index in [9.17, 15) is 20.1 Å². The molecule has 0 aromatic heterocycles. The van der Waals surface area contributed by atoms with Crippen molar-refractivity contribution in [3.05, 3.63) is 34.9 Å². The standard InChI is InChI=1S/C19H25NO6/c1-9-4-5-12(7-13(9)21)6-10(2)19(24)20-14-15(22)11(3)17-18(16(14)23)26-8-25-17/h4-7,11,14-18,21-23H,8H2,1-3H3,(H,20,24)/b10-6+. The van der Waals surface area contributed by atoms with Crippen LogP contribution in [0.1, 0.15) is 25.0 Å². The lowest BCUT2D eigenvalue weighted by molar-refractivity contribution is -0.133. The molecule has 1 aliphatic carbocycles. The molecular weight excluding hydrogens is 338 g/mol. The van der Waals surface area contributed by atoms with E-state index in [4.69, 9.17) is 9.47 Å². The van der Waals surface area contributed by atoms with Crippen LogP contribution in [0.4, 0.5) is 0 Å². The number of carbonyl (C=O) groups is 1. The molecule has 2 aliphatic rings. The van der Waals surface area contributed by atoms with E-state index in [1.165, 1.54) is 0 Å². The highest BCUT2D eigenvalue weighted by Crippen LogP contribution is 2.33. The van der Waals surface area contributed by atoms with Gasteiger partial charge in [0.2, 0.25) is 5.91 Å². The first-order chi connectivity index (χ1) is 12.3. The van der Waals surface area contributed by atoms with Gasteiger partial charge in [0.05, 0.1) is 18.2 Å². The van der Waals surface area contributed by atoms with Crippen LogP contribution < -0.4 is 5.32 Å². The van der Waals surface area contributed by atoms with Crippen molar-refractivity contribution in [2.24, 2.45) is 5.92 Å². The van der Waals surface area contributed by atoms with E-state index in [0.29, 0.717) is 11.1 Å². The van der Waals surface area contributed by atoms with Gasteiger partial charge in [0.1, 0.15) is 24.8 Å². The van der Waals surface area contributed by atoms with Crippen molar-refractivity contribution in [2.45, 2.75) is 51.2 Å². The molecule has 7 nitrogen and oxygen atoms in total. The zero-order valence-corrected chi connectivity index (χ0v) is 15.0. The summed E-state index contributed by atoms with van der Waals surface area (Å²) in [5.74, 6) is -0.532. The smallest absolute Gasteiger partial charge is 0.247 e. The highest BCUT2D eigenvalue weighted by Gasteiger charge is 2.52. The average Bonchev–Trinajstić information content (AvgIpc) is 3.10. The van der Waals surface area contributed by atoms with E-state index in [-0.39, 0.29) is 24.6 Å². The molecule has 7 heteroatoms. The van der Waals surface area contributed by atoms with E-state index in [2.05, 4.69) is 5.32 Å². The van der Waals surface area contributed by atoms with Gasteiger partial charge in [0, 0.05) is 11.5 Å². The molecule has 0 spiro atoms. The summed E-state index contributed by atoms with van der Waals surface area (Å²) in [6.07, 6.45) is -1.34. The number of phenolic OH excluding ortho intramolecular Hbond substituents is 1. The number of hydrogen-bond donors (Lipinski definition) is 4. The number of fused-ring (bicyclic) bond motifs is 1. The van der Waals surface area contributed by atoms with Crippen LogP contribution in [0.3, 0.4) is 0 Å². The molecule has 1 saturated heterocycles. The summed E-state index contributed by atoms with van der Waals surface area (Å²) in [5, 5.41) is 33.4. The van der Waals surface area contributed by atoms with Crippen molar-refractivity contribution in [3.8, 4) is 5.75 Å². The van der Waals surface area contributed by atoms with Crippen molar-refractivity contribution in [1.82, 2.24) is 5.32 Å². The van der Waals surface area contributed by atoms with Crippen LogP contribution in [0, 0.1) is 12.8 Å². The lowest BCUT2D eigenvalue weighted by atomic mass is 9.78. The molecule has 0 bridgehead atoms. The van der Waals surface area contributed by atoms with Gasteiger partial charge in [0.15, 0.2) is 0 Å². The van der Waals surface area contributed by atoms with Crippen molar-refractivity contribution >= 4 is 12.0 Å². The largest absolute Gasteiger partial charge is 0.508 e. The topological polar surface area (TPSA) is 108 Å². The van der Waals surface area contributed by atoms with Gasteiger partial charge < -0.3 is 30.1 Å². The van der Waals surface area contributed by atoms with Crippen molar-refractivity contribution in [1.29, 1.82) is 0 Å². The summed E-state index contributed by atoms with van der Waals surface area (Å²) in [4.78, 5) is 12.5. The number of aliphatic hydroxyl groups is 2. The Kier molecular flexibility index (Phi) is 5.34. The average molecular weight is 363 g/mol. The van der Waals surface area contributed by atoms with Crippen LogP contribution in [0.5, 0.6) is 5.75 Å². The SMILES string of the molecule is C/C(=C\c1ccc(C)c(O)c1)C(=O)NC1C(O)C(C)C2OCOC2C1O. The van der Waals surface area contributed by atoms with Crippen LogP contribution in [0.2, 0.25) is 0 Å². The number of aromatic hydroxyl groups is 1. The molecule has 1 heterocycles. The second kappa shape index (κ2) is 7.36. The number of phenols is 1. The zero-order valence-electron chi connectivity index (χ0n) is 15.0. The van der Waals surface area contributed by atoms with Gasteiger partial charge in [-0.05, 0) is 37.1 Å². The summed E-state index contributed by atoms with van der Waals surface area (Å²) in [6.45, 7) is 5.30. The van der Waals surface area contributed by atoms with Crippen LogP contribution in [0.25, 0.3) is 6.08 Å². The van der Waals surface area contributed by atoms with Crippen LogP contribution in [-0.2, 0) is 14.3 Å². The molecule has 1 aliphatic heterocycles. The first-order valence-corrected chi connectivity index (χ1v) is 8.67. The Morgan fingerprint density at radius 2 is 1.92 bits per heavy atom. The van der Waals surface area contributed by atoms with E-state index >= 15 is 0 Å². The fraction of sp³-hybridized carbons (Fsp3) is 0.526. The molecule has 1 aromatic carbocycles. The molecule has 2 fully saturated rings. The molecule has 3 rings (SSSR count). The number of amides is 1. The second-order valence-corrected chi connectivity index (χ2v) is 7.09. The molecule has 6 atom stereocenters. The minimum Gasteiger partial charge on any atom is -0.508 e. The van der Waals surface area contributed by atoms with Crippen LogP contribution in [0.15, 0.2) is 23.8 Å². The maximum absolute atomic E-state index is 12.5. The van der Waals surface area contributed by atoms with E-state index in [1.54, 1.807) is 45.0 Å². The minimum absolute atomic E-state index is 0.0694. The van der Waals surface area contributed by atoms with Crippen molar-refractivity contribution in [2.75, 3.05) is 6.79 Å². The molecule has 142 valence electrons. The molecule has 26 heavy (non-hydrogen) atoms. The zero-order chi connectivity index (χ0) is 19.0. The Bertz CT molecular complexity index is 718. The number of carbonyl (C=O) groups excluding carboxylic acids is 1. The van der Waals surface area contributed by atoms with Gasteiger partial charge in [0.25, 0.3) is 0 Å². The monoisotopic (exact) mass is 363 g/mol. The third-order valence-corrected chi connectivity index (χ3v) is 5.25. The van der Waals surface area contributed by atoms with Gasteiger partial charge in [-0.3, -0.25) is 4.79 Å². The van der Waals surface area contributed by atoms with Gasteiger partial charge in [-0.15, -0.1) is 0 Å². The summed E-state index contributed by atoms with van der Waals surface area (Å²) in [7, 11) is 0. The van der Waals surface area contributed by atoms with E-state index < -0.39 is 30.3 Å². The molecule has 6 unspecified atom stereocenters. The number of rotatable bonds is 3. The maximum Gasteiger partial charge on any atom is 0.247 e. The van der Waals surface area contributed by atoms with E-state index in [0.717, 1.165) is 5.56 Å². The molecule has 1 amide bonds. The lowest BCUT2D eigenvalue weighted by Gasteiger charge is -2.42. The first-order valence-electron chi connectivity index (χ1n) is 8.67. The Morgan fingerprint density at radius 1 is 1.23 bits per heavy atom. The fourth-order valence-electron chi connectivity index (χ4n) is 3.53. The third-order valence-electron chi connectivity index (χ3n) is 5.25. The van der Waals surface area contributed by atoms with Gasteiger partial charge in [-0.1, -0.05) is 19.1 Å². The highest BCUT2D eigenvalue weighted by molar-refractivity contribution is 5.97. The Labute approximate surface area is 152 Å². The summed E-state index contributed by atoms with van der Waals surface area (Å²) in [6, 6.07) is 4.29.